The third-order valence-corrected chi connectivity index (χ3v) is 5.91. The molecule has 4 atom stereocenters. The number of carbonyl (C=O) groups is 2. The van der Waals surface area contributed by atoms with Gasteiger partial charge in [-0.2, -0.15) is 5.06 Å². The second-order valence-corrected chi connectivity index (χ2v) is 6.36. The molecule has 18 heavy (non-hydrogen) atoms. The fraction of sp³-hybridized carbons (Fsp3) is 0.846. The second kappa shape index (κ2) is 3.14. The van der Waals surface area contributed by atoms with Gasteiger partial charge in [0.25, 0.3) is 0 Å². The molecular formula is C13H18N2O3. The molecule has 5 nitrogen and oxygen atoms in total. The highest BCUT2D eigenvalue weighted by Crippen LogP contribution is 2.59. The van der Waals surface area contributed by atoms with E-state index in [0.29, 0.717) is 12.8 Å². The lowest BCUT2D eigenvalue weighted by atomic mass is 9.65. The zero-order valence-electron chi connectivity index (χ0n) is 10.3. The van der Waals surface area contributed by atoms with Gasteiger partial charge in [-0.1, -0.05) is 12.8 Å². The van der Waals surface area contributed by atoms with E-state index in [-0.39, 0.29) is 23.7 Å². The molecule has 98 valence electrons. The maximum Gasteiger partial charge on any atom is 0.249 e. The molecule has 0 aromatic carbocycles. The largest absolute Gasteiger partial charge is 0.312 e. The predicted molar refractivity (Wildman–Crippen MR) is 61.5 cm³/mol. The lowest BCUT2D eigenvalue weighted by molar-refractivity contribution is -0.277. The maximum atomic E-state index is 12.3. The molecule has 4 rings (SSSR count). The molecule has 2 heterocycles. The lowest BCUT2D eigenvalue weighted by Gasteiger charge is -2.58. The molecule has 2 unspecified atom stereocenters. The summed E-state index contributed by atoms with van der Waals surface area (Å²) in [5, 5.41) is 14.5. The molecule has 4 aliphatic rings. The van der Waals surface area contributed by atoms with Crippen molar-refractivity contribution in [2.24, 2.45) is 11.8 Å². The first-order chi connectivity index (χ1) is 8.62. The molecule has 0 radical (unpaired) electrons. The van der Waals surface area contributed by atoms with Gasteiger partial charge < -0.3 is 5.21 Å². The van der Waals surface area contributed by atoms with Gasteiger partial charge in [-0.3, -0.25) is 14.9 Å². The summed E-state index contributed by atoms with van der Waals surface area (Å²) in [5.74, 6) is -0.111. The summed E-state index contributed by atoms with van der Waals surface area (Å²) >= 11 is 0. The maximum absolute atomic E-state index is 12.3. The molecule has 0 aromatic rings. The third-order valence-electron chi connectivity index (χ3n) is 5.91. The standard InChI is InChI=1S/C13H18N2O3/c16-10-12-5-1-3-8(12)7-9-4-2-6-13(9,15(12)18)11(17)14-10/h8-9,18H,1-7H2,(H,14,16,17)/t8?,9?,12-,13+. The quantitative estimate of drug-likeness (QED) is 0.624. The Hall–Kier alpha value is -0.940. The van der Waals surface area contributed by atoms with Crippen molar-refractivity contribution in [2.75, 3.05) is 0 Å². The van der Waals surface area contributed by atoms with Crippen molar-refractivity contribution in [2.45, 2.75) is 56.0 Å². The van der Waals surface area contributed by atoms with Gasteiger partial charge in [-0.15, -0.1) is 0 Å². The highest BCUT2D eigenvalue weighted by atomic mass is 16.5. The van der Waals surface area contributed by atoms with E-state index in [0.717, 1.165) is 32.1 Å². The van der Waals surface area contributed by atoms with Crippen LogP contribution in [0.5, 0.6) is 0 Å². The van der Waals surface area contributed by atoms with E-state index in [1.165, 1.54) is 5.06 Å². The summed E-state index contributed by atoms with van der Waals surface area (Å²) in [4.78, 5) is 24.6. The van der Waals surface area contributed by atoms with Crippen molar-refractivity contribution in [3.63, 3.8) is 0 Å². The number of hydroxylamine groups is 2. The van der Waals surface area contributed by atoms with E-state index in [2.05, 4.69) is 5.32 Å². The molecule has 2 saturated carbocycles. The van der Waals surface area contributed by atoms with Crippen LogP contribution in [0.25, 0.3) is 0 Å². The normalized spacial score (nSPS) is 50.9. The average molecular weight is 250 g/mol. The number of rotatable bonds is 0. The van der Waals surface area contributed by atoms with Crippen molar-refractivity contribution in [3.8, 4) is 0 Å². The Labute approximate surface area is 105 Å². The number of hydrogen-bond donors (Lipinski definition) is 2. The van der Waals surface area contributed by atoms with E-state index in [4.69, 9.17) is 0 Å². The first-order valence-corrected chi connectivity index (χ1v) is 6.97. The summed E-state index contributed by atoms with van der Waals surface area (Å²) < 4.78 is 0. The monoisotopic (exact) mass is 250 g/mol. The Kier molecular flexibility index (Phi) is 1.91. The molecule has 2 spiro atoms. The van der Waals surface area contributed by atoms with Gasteiger partial charge in [-0.05, 0) is 43.9 Å². The minimum absolute atomic E-state index is 0.215. The Morgan fingerprint density at radius 3 is 2.06 bits per heavy atom. The second-order valence-electron chi connectivity index (χ2n) is 6.36. The van der Waals surface area contributed by atoms with Gasteiger partial charge in [0, 0.05) is 0 Å². The smallest absolute Gasteiger partial charge is 0.249 e. The Bertz CT molecular complexity index is 414. The third kappa shape index (κ3) is 0.914. The van der Waals surface area contributed by atoms with E-state index < -0.39 is 11.1 Å². The van der Waals surface area contributed by atoms with Crippen molar-refractivity contribution in [1.82, 2.24) is 10.4 Å². The van der Waals surface area contributed by atoms with E-state index >= 15 is 0 Å². The number of piperazine rings is 1. The zero-order chi connectivity index (χ0) is 12.5. The number of nitrogens with zero attached hydrogens (tertiary/aromatic N) is 1. The first kappa shape index (κ1) is 10.9. The van der Waals surface area contributed by atoms with Gasteiger partial charge in [0.1, 0.15) is 11.1 Å². The van der Waals surface area contributed by atoms with Crippen LogP contribution in [0, 0.1) is 11.8 Å². The molecule has 4 fully saturated rings. The number of nitrogens with one attached hydrogen (secondary N) is 1. The fourth-order valence-corrected chi connectivity index (χ4v) is 5.11. The highest BCUT2D eigenvalue weighted by molar-refractivity contribution is 6.07. The van der Waals surface area contributed by atoms with Crippen molar-refractivity contribution in [1.29, 1.82) is 0 Å². The number of amides is 2. The van der Waals surface area contributed by atoms with Gasteiger partial charge in [0.15, 0.2) is 0 Å². The summed E-state index contributed by atoms with van der Waals surface area (Å²) in [7, 11) is 0. The van der Waals surface area contributed by atoms with Crippen LogP contribution >= 0.6 is 0 Å². The van der Waals surface area contributed by atoms with E-state index in [1.807, 2.05) is 0 Å². The molecule has 5 heteroatoms. The minimum Gasteiger partial charge on any atom is -0.312 e. The Morgan fingerprint density at radius 2 is 1.56 bits per heavy atom. The van der Waals surface area contributed by atoms with E-state index in [1.54, 1.807) is 0 Å². The predicted octanol–water partition coefficient (Wildman–Crippen LogP) is 0.815. The number of hydrogen-bond acceptors (Lipinski definition) is 4. The Morgan fingerprint density at radius 1 is 1.06 bits per heavy atom. The topological polar surface area (TPSA) is 69.6 Å². The summed E-state index contributed by atoms with van der Waals surface area (Å²) in [5.41, 5.74) is -1.62. The first-order valence-electron chi connectivity index (χ1n) is 6.97. The molecule has 2 amide bonds. The number of carbonyl (C=O) groups excluding carboxylic acids is 2. The molecule has 0 aromatic heterocycles. The van der Waals surface area contributed by atoms with Crippen LogP contribution in [-0.2, 0) is 9.59 Å². The van der Waals surface area contributed by atoms with Crippen molar-refractivity contribution in [3.05, 3.63) is 0 Å². The van der Waals surface area contributed by atoms with Crippen LogP contribution < -0.4 is 5.32 Å². The SMILES string of the molecule is O=C1NC(=O)[C@]23CCCC2CC2CCC[C@]12N3O. The average Bonchev–Trinajstić information content (AvgIpc) is 2.92. The van der Waals surface area contributed by atoms with Crippen LogP contribution in [0.4, 0.5) is 0 Å². The van der Waals surface area contributed by atoms with E-state index in [9.17, 15) is 14.8 Å². The van der Waals surface area contributed by atoms with Gasteiger partial charge in [0.05, 0.1) is 0 Å². The number of imide groups is 1. The molecule has 2 N–H and O–H groups in total. The van der Waals surface area contributed by atoms with Crippen molar-refractivity contribution >= 4 is 11.8 Å². The Balaban J connectivity index is 1.91. The number of piperidine rings is 1. The van der Waals surface area contributed by atoms with Gasteiger partial charge in [0.2, 0.25) is 11.8 Å². The summed E-state index contributed by atoms with van der Waals surface area (Å²) in [6.07, 6.45) is 6.20. The van der Waals surface area contributed by atoms with Crippen LogP contribution in [0.3, 0.4) is 0 Å². The minimum atomic E-state index is -0.811. The summed E-state index contributed by atoms with van der Waals surface area (Å²) in [6.45, 7) is 0. The molecule has 2 aliphatic heterocycles. The van der Waals surface area contributed by atoms with Crippen LogP contribution in [0.2, 0.25) is 0 Å². The van der Waals surface area contributed by atoms with Crippen LogP contribution in [-0.4, -0.2) is 33.2 Å². The van der Waals surface area contributed by atoms with Crippen molar-refractivity contribution < 1.29 is 14.8 Å². The van der Waals surface area contributed by atoms with Gasteiger partial charge >= 0.3 is 0 Å². The molecule has 2 aliphatic carbocycles. The van der Waals surface area contributed by atoms with Crippen LogP contribution in [0.15, 0.2) is 0 Å². The fourth-order valence-electron chi connectivity index (χ4n) is 5.11. The summed E-state index contributed by atoms with van der Waals surface area (Å²) in [6, 6.07) is 0. The molecule has 2 saturated heterocycles. The van der Waals surface area contributed by atoms with Gasteiger partial charge in [-0.25, -0.2) is 0 Å². The molecule has 2 bridgehead atoms. The lowest BCUT2D eigenvalue weighted by Crippen LogP contribution is -2.80. The molecular weight excluding hydrogens is 232 g/mol. The highest BCUT2D eigenvalue weighted by Gasteiger charge is 2.71. The zero-order valence-corrected chi connectivity index (χ0v) is 10.3. The van der Waals surface area contributed by atoms with Crippen LogP contribution in [0.1, 0.15) is 44.9 Å².